The van der Waals surface area contributed by atoms with Gasteiger partial charge < -0.3 is 4.90 Å². The summed E-state index contributed by atoms with van der Waals surface area (Å²) in [6.07, 6.45) is 8.25. The number of Topliss-reactive ketones (excluding diaryl/α,β-unsaturated/α-hetero) is 2. The molecule has 1 fully saturated rings. The molecule has 0 aromatic heterocycles. The summed E-state index contributed by atoms with van der Waals surface area (Å²) in [5.41, 5.74) is 5.59. The van der Waals surface area contributed by atoms with Gasteiger partial charge in [0.1, 0.15) is 0 Å². The first-order chi connectivity index (χ1) is 13.3. The van der Waals surface area contributed by atoms with Crippen molar-refractivity contribution in [3.8, 4) is 0 Å². The van der Waals surface area contributed by atoms with Crippen LogP contribution in [0, 0.1) is 6.92 Å². The lowest BCUT2D eigenvalue weighted by atomic mass is 9.88. The molecule has 0 N–H and O–H groups in total. The first-order valence-corrected chi connectivity index (χ1v) is 10.6. The fourth-order valence-electron chi connectivity index (χ4n) is 4.61. The molecule has 0 amide bonds. The maximum atomic E-state index is 13.0. The van der Waals surface area contributed by atoms with Crippen molar-refractivity contribution in [3.63, 3.8) is 0 Å². The Morgan fingerprint density at radius 3 is 2.50 bits per heavy atom. The van der Waals surface area contributed by atoms with Gasteiger partial charge in [-0.2, -0.15) is 0 Å². The van der Waals surface area contributed by atoms with E-state index < -0.39 is 0 Å². The van der Waals surface area contributed by atoms with Crippen molar-refractivity contribution in [1.82, 2.24) is 0 Å². The number of carbonyl (C=O) groups is 2. The molecule has 150 valence electrons. The van der Waals surface area contributed by atoms with Crippen molar-refractivity contribution in [2.24, 2.45) is 0 Å². The molecule has 28 heavy (non-hydrogen) atoms. The normalized spacial score (nSPS) is 17.9. The van der Waals surface area contributed by atoms with E-state index in [0.717, 1.165) is 28.0 Å². The summed E-state index contributed by atoms with van der Waals surface area (Å²) in [5.74, 6) is 0.204. The van der Waals surface area contributed by atoms with Crippen molar-refractivity contribution in [1.29, 1.82) is 0 Å². The molecule has 3 nitrogen and oxygen atoms in total. The SMILES string of the molecule is CC1=CC(C)=C(CCC(=O)c2cc(Cl)cc(N(C)C3CCCC3)c2C)C(=O)C1. The van der Waals surface area contributed by atoms with E-state index in [-0.39, 0.29) is 11.6 Å². The molecule has 1 saturated carbocycles. The predicted molar refractivity (Wildman–Crippen MR) is 116 cm³/mol. The van der Waals surface area contributed by atoms with E-state index in [1.165, 1.54) is 25.7 Å². The fraction of sp³-hybridized carbons (Fsp3) is 0.500. The summed E-state index contributed by atoms with van der Waals surface area (Å²) in [6.45, 7) is 5.94. The summed E-state index contributed by atoms with van der Waals surface area (Å²) in [6, 6.07) is 4.26. The second kappa shape index (κ2) is 8.65. The van der Waals surface area contributed by atoms with Gasteiger partial charge in [-0.05, 0) is 68.9 Å². The number of nitrogens with zero attached hydrogens (tertiary/aromatic N) is 1. The molecule has 0 radical (unpaired) electrons. The summed E-state index contributed by atoms with van der Waals surface area (Å²) in [4.78, 5) is 27.6. The maximum Gasteiger partial charge on any atom is 0.163 e. The lowest BCUT2D eigenvalue weighted by Gasteiger charge is -2.29. The molecule has 0 heterocycles. The van der Waals surface area contributed by atoms with Crippen LogP contribution in [-0.4, -0.2) is 24.7 Å². The number of carbonyl (C=O) groups excluding carboxylic acids is 2. The Hall–Kier alpha value is -1.87. The third-order valence-electron chi connectivity index (χ3n) is 6.21. The lowest BCUT2D eigenvalue weighted by Crippen LogP contribution is -2.29. The van der Waals surface area contributed by atoms with Crippen LogP contribution in [0.15, 0.2) is 34.9 Å². The zero-order valence-corrected chi connectivity index (χ0v) is 18.2. The molecule has 0 saturated heterocycles. The third kappa shape index (κ3) is 4.41. The fourth-order valence-corrected chi connectivity index (χ4v) is 4.82. The summed E-state index contributed by atoms with van der Waals surface area (Å²) in [7, 11) is 2.10. The van der Waals surface area contributed by atoms with Gasteiger partial charge in [-0.1, -0.05) is 36.1 Å². The Kier molecular flexibility index (Phi) is 6.44. The number of hydrogen-bond acceptors (Lipinski definition) is 3. The first kappa shape index (κ1) is 20.9. The van der Waals surface area contributed by atoms with Crippen LogP contribution in [-0.2, 0) is 4.79 Å². The zero-order valence-electron chi connectivity index (χ0n) is 17.4. The summed E-state index contributed by atoms with van der Waals surface area (Å²) in [5, 5.41) is 0.594. The minimum absolute atomic E-state index is 0.0560. The van der Waals surface area contributed by atoms with Crippen LogP contribution in [0.4, 0.5) is 5.69 Å². The van der Waals surface area contributed by atoms with Crippen molar-refractivity contribution in [3.05, 3.63) is 51.1 Å². The number of rotatable bonds is 6. The summed E-state index contributed by atoms with van der Waals surface area (Å²) >= 11 is 6.38. The molecule has 3 rings (SSSR count). The zero-order chi connectivity index (χ0) is 20.4. The topological polar surface area (TPSA) is 37.4 Å². The van der Waals surface area contributed by atoms with Crippen LogP contribution >= 0.6 is 11.6 Å². The molecule has 4 heteroatoms. The minimum Gasteiger partial charge on any atom is -0.371 e. The van der Waals surface area contributed by atoms with E-state index in [1.807, 2.05) is 26.8 Å². The van der Waals surface area contributed by atoms with Crippen LogP contribution in [0.2, 0.25) is 5.02 Å². The molecule has 2 aliphatic carbocycles. The van der Waals surface area contributed by atoms with Crippen LogP contribution in [0.3, 0.4) is 0 Å². The molecule has 0 unspecified atom stereocenters. The second-order valence-corrected chi connectivity index (χ2v) is 8.76. The van der Waals surface area contributed by atoms with Gasteiger partial charge in [0, 0.05) is 42.2 Å². The third-order valence-corrected chi connectivity index (χ3v) is 6.43. The smallest absolute Gasteiger partial charge is 0.163 e. The molecular weight excluding hydrogens is 370 g/mol. The first-order valence-electron chi connectivity index (χ1n) is 10.2. The molecule has 0 bridgehead atoms. The number of anilines is 1. The highest BCUT2D eigenvalue weighted by Crippen LogP contribution is 2.34. The van der Waals surface area contributed by atoms with E-state index in [4.69, 9.17) is 11.6 Å². The molecular formula is C24H30ClNO2. The van der Waals surface area contributed by atoms with Gasteiger partial charge in [0.05, 0.1) is 0 Å². The maximum absolute atomic E-state index is 13.0. The quantitative estimate of drug-likeness (QED) is 0.532. The predicted octanol–water partition coefficient (Wildman–Crippen LogP) is 6.23. The Bertz CT molecular complexity index is 860. The van der Waals surface area contributed by atoms with Crippen LogP contribution in [0.25, 0.3) is 0 Å². The van der Waals surface area contributed by atoms with Gasteiger partial charge in [0.15, 0.2) is 11.6 Å². The number of benzene rings is 1. The Morgan fingerprint density at radius 1 is 1.18 bits per heavy atom. The van der Waals surface area contributed by atoms with Crippen molar-refractivity contribution < 1.29 is 9.59 Å². The number of ketones is 2. The Labute approximate surface area is 173 Å². The van der Waals surface area contributed by atoms with Crippen LogP contribution < -0.4 is 4.90 Å². The Balaban J connectivity index is 1.80. The van der Waals surface area contributed by atoms with Gasteiger partial charge >= 0.3 is 0 Å². The van der Waals surface area contributed by atoms with Crippen molar-refractivity contribution in [2.45, 2.75) is 71.8 Å². The number of allylic oxidation sites excluding steroid dienone is 4. The van der Waals surface area contributed by atoms with Crippen LogP contribution in [0.5, 0.6) is 0 Å². The van der Waals surface area contributed by atoms with E-state index in [2.05, 4.69) is 18.0 Å². The molecule has 0 atom stereocenters. The highest BCUT2D eigenvalue weighted by atomic mass is 35.5. The summed E-state index contributed by atoms with van der Waals surface area (Å²) < 4.78 is 0. The number of halogens is 1. The van der Waals surface area contributed by atoms with E-state index in [9.17, 15) is 9.59 Å². The van der Waals surface area contributed by atoms with Gasteiger partial charge in [-0.3, -0.25) is 9.59 Å². The molecule has 2 aliphatic rings. The molecule has 0 aliphatic heterocycles. The monoisotopic (exact) mass is 399 g/mol. The van der Waals surface area contributed by atoms with Gasteiger partial charge in [0.2, 0.25) is 0 Å². The van der Waals surface area contributed by atoms with E-state index in [0.29, 0.717) is 35.9 Å². The molecule has 1 aromatic rings. The van der Waals surface area contributed by atoms with E-state index >= 15 is 0 Å². The highest BCUT2D eigenvalue weighted by Gasteiger charge is 2.24. The van der Waals surface area contributed by atoms with Crippen molar-refractivity contribution in [2.75, 3.05) is 11.9 Å². The highest BCUT2D eigenvalue weighted by molar-refractivity contribution is 6.31. The minimum atomic E-state index is 0.0560. The van der Waals surface area contributed by atoms with Crippen LogP contribution in [0.1, 0.15) is 74.7 Å². The molecule has 0 spiro atoms. The van der Waals surface area contributed by atoms with Crippen molar-refractivity contribution >= 4 is 28.9 Å². The van der Waals surface area contributed by atoms with Gasteiger partial charge in [-0.15, -0.1) is 0 Å². The largest absolute Gasteiger partial charge is 0.371 e. The average molecular weight is 400 g/mol. The van der Waals surface area contributed by atoms with Gasteiger partial charge in [0.25, 0.3) is 0 Å². The Morgan fingerprint density at radius 2 is 1.86 bits per heavy atom. The van der Waals surface area contributed by atoms with E-state index in [1.54, 1.807) is 6.07 Å². The second-order valence-electron chi connectivity index (χ2n) is 8.32. The molecule has 1 aromatic carbocycles. The standard InChI is InChI=1S/C24H30ClNO2/c1-15-11-16(2)20(24(28)12-15)9-10-23(27)21-13-18(25)14-22(17(21)3)26(4)19-7-5-6-8-19/h11,13-14,19H,5-10,12H2,1-4H3. The number of hydrogen-bond donors (Lipinski definition) is 0. The lowest BCUT2D eigenvalue weighted by molar-refractivity contribution is -0.115. The van der Waals surface area contributed by atoms with Gasteiger partial charge in [-0.25, -0.2) is 0 Å². The average Bonchev–Trinajstić information content (AvgIpc) is 3.16.